The highest BCUT2D eigenvalue weighted by Gasteiger charge is 2.30. The predicted molar refractivity (Wildman–Crippen MR) is 84.3 cm³/mol. The zero-order valence-corrected chi connectivity index (χ0v) is 13.9. The number of carbonyl (C=O) groups is 1. The van der Waals surface area contributed by atoms with E-state index in [0.29, 0.717) is 13.0 Å². The van der Waals surface area contributed by atoms with Gasteiger partial charge < -0.3 is 10.1 Å². The van der Waals surface area contributed by atoms with Crippen LogP contribution in [0.5, 0.6) is 0 Å². The Labute approximate surface area is 138 Å². The molecule has 0 saturated heterocycles. The van der Waals surface area contributed by atoms with Crippen LogP contribution >= 0.6 is 11.6 Å². The van der Waals surface area contributed by atoms with Crippen LogP contribution in [0.4, 0.5) is 18.0 Å². The lowest BCUT2D eigenvalue weighted by atomic mass is 10.1. The first kappa shape index (κ1) is 19.4. The number of alkyl carbamates (subject to hydrolysis) is 1. The number of rotatable bonds is 4. The monoisotopic (exact) mass is 349 g/mol. The van der Waals surface area contributed by atoms with Crippen molar-refractivity contribution in [3.63, 3.8) is 0 Å². The molecule has 0 bridgehead atoms. The van der Waals surface area contributed by atoms with Gasteiger partial charge in [-0.25, -0.2) is 4.79 Å². The van der Waals surface area contributed by atoms with Crippen molar-refractivity contribution in [3.8, 4) is 0 Å². The van der Waals surface area contributed by atoms with Gasteiger partial charge in [-0.2, -0.15) is 13.2 Å². The standard InChI is InChI=1S/C16H19ClF3NO2/c1-15(2,3)23-14(22)21-9-5-4-6-11-10-12(16(18,19)20)7-8-13(11)17/h4,6-8,10H,5,9H2,1-3H3,(H,21,22). The highest BCUT2D eigenvalue weighted by Crippen LogP contribution is 2.32. The summed E-state index contributed by atoms with van der Waals surface area (Å²) in [6.07, 6.45) is -1.38. The Balaban J connectivity index is 2.54. The van der Waals surface area contributed by atoms with Gasteiger partial charge >= 0.3 is 12.3 Å². The van der Waals surface area contributed by atoms with Gasteiger partial charge in [-0.1, -0.05) is 23.8 Å². The van der Waals surface area contributed by atoms with Gasteiger partial charge in [-0.3, -0.25) is 0 Å². The van der Waals surface area contributed by atoms with E-state index in [2.05, 4.69) is 5.32 Å². The molecule has 23 heavy (non-hydrogen) atoms. The fourth-order valence-electron chi connectivity index (χ4n) is 1.63. The summed E-state index contributed by atoms with van der Waals surface area (Å²) < 4.78 is 43.0. The number of carbonyl (C=O) groups excluding carboxylic acids is 1. The third-order valence-electron chi connectivity index (χ3n) is 2.60. The molecule has 0 heterocycles. The lowest BCUT2D eigenvalue weighted by Gasteiger charge is -2.19. The van der Waals surface area contributed by atoms with Crippen molar-refractivity contribution >= 4 is 23.8 Å². The molecule has 128 valence electrons. The van der Waals surface area contributed by atoms with Gasteiger partial charge in [0.2, 0.25) is 0 Å². The predicted octanol–water partition coefficient (Wildman–Crippen LogP) is 5.29. The van der Waals surface area contributed by atoms with Crippen molar-refractivity contribution in [1.29, 1.82) is 0 Å². The normalized spacial score (nSPS) is 12.5. The second-order valence-corrected chi connectivity index (χ2v) is 6.26. The molecule has 0 aliphatic heterocycles. The number of ether oxygens (including phenoxy) is 1. The summed E-state index contributed by atoms with van der Waals surface area (Å²) in [5, 5.41) is 2.78. The maximum atomic E-state index is 12.6. The van der Waals surface area contributed by atoms with E-state index >= 15 is 0 Å². The summed E-state index contributed by atoms with van der Waals surface area (Å²) in [5.74, 6) is 0. The third-order valence-corrected chi connectivity index (χ3v) is 2.94. The molecular formula is C16H19ClF3NO2. The van der Waals surface area contributed by atoms with Crippen molar-refractivity contribution in [2.75, 3.05) is 6.54 Å². The summed E-state index contributed by atoms with van der Waals surface area (Å²) in [7, 11) is 0. The number of nitrogens with one attached hydrogen (secondary N) is 1. The first-order valence-corrected chi connectivity index (χ1v) is 7.37. The molecule has 1 N–H and O–H groups in total. The second kappa shape index (κ2) is 7.73. The second-order valence-electron chi connectivity index (χ2n) is 5.85. The lowest BCUT2D eigenvalue weighted by Crippen LogP contribution is -2.32. The molecule has 7 heteroatoms. The molecule has 0 radical (unpaired) electrons. The summed E-state index contributed by atoms with van der Waals surface area (Å²) >= 11 is 5.87. The molecule has 0 saturated carbocycles. The fourth-order valence-corrected chi connectivity index (χ4v) is 1.81. The molecule has 0 aliphatic carbocycles. The van der Waals surface area contributed by atoms with Crippen LogP contribution in [0, 0.1) is 0 Å². The molecular weight excluding hydrogens is 331 g/mol. The van der Waals surface area contributed by atoms with Gasteiger partial charge in [-0.05, 0) is 51.0 Å². The minimum Gasteiger partial charge on any atom is -0.444 e. The van der Waals surface area contributed by atoms with Crippen molar-refractivity contribution in [2.24, 2.45) is 0 Å². The van der Waals surface area contributed by atoms with Crippen LogP contribution in [0.3, 0.4) is 0 Å². The molecule has 1 aromatic rings. The Hall–Kier alpha value is -1.69. The largest absolute Gasteiger partial charge is 0.444 e. The smallest absolute Gasteiger partial charge is 0.416 e. The molecule has 0 aliphatic rings. The average molecular weight is 350 g/mol. The first-order chi connectivity index (χ1) is 10.5. The quantitative estimate of drug-likeness (QED) is 0.750. The number of hydrogen-bond donors (Lipinski definition) is 1. The molecule has 1 amide bonds. The van der Waals surface area contributed by atoms with E-state index in [4.69, 9.17) is 16.3 Å². The lowest BCUT2D eigenvalue weighted by molar-refractivity contribution is -0.137. The first-order valence-electron chi connectivity index (χ1n) is 6.99. The summed E-state index contributed by atoms with van der Waals surface area (Å²) in [4.78, 5) is 11.4. The Morgan fingerprint density at radius 3 is 2.52 bits per heavy atom. The molecule has 1 rings (SSSR count). The van der Waals surface area contributed by atoms with E-state index in [1.165, 1.54) is 12.1 Å². The van der Waals surface area contributed by atoms with Crippen LogP contribution in [0.2, 0.25) is 5.02 Å². The van der Waals surface area contributed by atoms with Crippen LogP contribution < -0.4 is 5.32 Å². The number of alkyl halides is 3. The van der Waals surface area contributed by atoms with Crippen molar-refractivity contribution < 1.29 is 22.7 Å². The summed E-state index contributed by atoms with van der Waals surface area (Å²) in [5.41, 5.74) is -1.06. The van der Waals surface area contributed by atoms with Crippen molar-refractivity contribution in [1.82, 2.24) is 5.32 Å². The molecule has 0 unspecified atom stereocenters. The molecule has 1 aromatic carbocycles. The zero-order valence-electron chi connectivity index (χ0n) is 13.1. The van der Waals surface area contributed by atoms with Gasteiger partial charge in [0.05, 0.1) is 5.56 Å². The Morgan fingerprint density at radius 2 is 1.96 bits per heavy atom. The summed E-state index contributed by atoms with van der Waals surface area (Å²) in [6.45, 7) is 5.56. The Morgan fingerprint density at radius 1 is 1.30 bits per heavy atom. The SMILES string of the molecule is CC(C)(C)OC(=O)NCCC=Cc1cc(C(F)(F)F)ccc1Cl. The molecule has 0 aromatic heterocycles. The van der Waals surface area contributed by atoms with Crippen LogP contribution in [0.25, 0.3) is 6.08 Å². The van der Waals surface area contributed by atoms with Crippen LogP contribution in [0.15, 0.2) is 24.3 Å². The fraction of sp³-hybridized carbons (Fsp3) is 0.438. The topological polar surface area (TPSA) is 38.3 Å². The Bertz CT molecular complexity index is 578. The molecule has 0 spiro atoms. The minimum absolute atomic E-state index is 0.231. The van der Waals surface area contributed by atoms with Crippen LogP contribution in [-0.2, 0) is 10.9 Å². The van der Waals surface area contributed by atoms with Gasteiger partial charge in [-0.15, -0.1) is 0 Å². The third kappa shape index (κ3) is 7.41. The van der Waals surface area contributed by atoms with Gasteiger partial charge in [0.1, 0.15) is 5.60 Å². The minimum atomic E-state index is -4.41. The average Bonchev–Trinajstić information content (AvgIpc) is 2.36. The molecule has 3 nitrogen and oxygen atoms in total. The maximum absolute atomic E-state index is 12.6. The number of amides is 1. The summed E-state index contributed by atoms with van der Waals surface area (Å²) in [6, 6.07) is 3.13. The van der Waals surface area contributed by atoms with E-state index < -0.39 is 23.4 Å². The van der Waals surface area contributed by atoms with Gasteiger partial charge in [0.15, 0.2) is 0 Å². The van der Waals surface area contributed by atoms with Gasteiger partial charge in [0.25, 0.3) is 0 Å². The van der Waals surface area contributed by atoms with E-state index in [9.17, 15) is 18.0 Å². The number of benzene rings is 1. The van der Waals surface area contributed by atoms with Gasteiger partial charge in [0, 0.05) is 11.6 Å². The van der Waals surface area contributed by atoms with Crippen LogP contribution in [-0.4, -0.2) is 18.2 Å². The molecule has 0 fully saturated rings. The zero-order chi connectivity index (χ0) is 17.7. The van der Waals surface area contributed by atoms with E-state index in [0.717, 1.165) is 12.1 Å². The van der Waals surface area contributed by atoms with Crippen molar-refractivity contribution in [2.45, 2.75) is 39.0 Å². The van der Waals surface area contributed by atoms with E-state index in [1.54, 1.807) is 26.8 Å². The highest BCUT2D eigenvalue weighted by atomic mass is 35.5. The van der Waals surface area contributed by atoms with E-state index in [-0.39, 0.29) is 10.6 Å². The molecule has 0 atom stereocenters. The highest BCUT2D eigenvalue weighted by molar-refractivity contribution is 6.32. The van der Waals surface area contributed by atoms with Crippen LogP contribution in [0.1, 0.15) is 38.3 Å². The maximum Gasteiger partial charge on any atom is 0.416 e. The number of halogens is 4. The van der Waals surface area contributed by atoms with E-state index in [1.807, 2.05) is 0 Å². The number of hydrogen-bond acceptors (Lipinski definition) is 2. The Kier molecular flexibility index (Phi) is 6.50. The van der Waals surface area contributed by atoms with Crippen molar-refractivity contribution in [3.05, 3.63) is 40.4 Å².